The van der Waals surface area contributed by atoms with E-state index >= 15 is 0 Å². The lowest BCUT2D eigenvalue weighted by atomic mass is 10.3. The first kappa shape index (κ1) is 18.0. The zero-order chi connectivity index (χ0) is 17.3. The maximum atomic E-state index is 11.9. The second kappa shape index (κ2) is 6.66. The lowest BCUT2D eigenvalue weighted by Gasteiger charge is -2.12. The number of anilines is 1. The summed E-state index contributed by atoms with van der Waals surface area (Å²) in [6.07, 6.45) is 2.64. The minimum absolute atomic E-state index is 0.0292. The zero-order valence-corrected chi connectivity index (χ0v) is 15.8. The van der Waals surface area contributed by atoms with E-state index in [0.717, 1.165) is 18.3 Å². The Hall–Kier alpha value is -1.32. The van der Waals surface area contributed by atoms with E-state index in [1.54, 1.807) is 6.07 Å². The molecule has 0 radical (unpaired) electrons. The first-order valence-electron chi connectivity index (χ1n) is 6.59. The Bertz CT molecular complexity index is 916. The van der Waals surface area contributed by atoms with Gasteiger partial charge in [-0.2, -0.15) is 0 Å². The van der Waals surface area contributed by atoms with Crippen molar-refractivity contribution >= 4 is 41.3 Å². The maximum absolute atomic E-state index is 11.9. The number of rotatable bonds is 6. The van der Waals surface area contributed by atoms with Gasteiger partial charge in [0, 0.05) is 25.5 Å². The number of halogens is 1. The van der Waals surface area contributed by atoms with E-state index in [1.807, 2.05) is 6.07 Å². The summed E-state index contributed by atoms with van der Waals surface area (Å²) in [5.74, 6) is 0.748. The Morgan fingerprint density at radius 3 is 2.26 bits per heavy atom. The molecule has 0 amide bonds. The fraction of sp³-hybridized carbons (Fsp3) is 0.286. The number of nitrogens with one attached hydrogen (secondary N) is 1. The minimum Gasteiger partial charge on any atom is -0.454 e. The van der Waals surface area contributed by atoms with Crippen molar-refractivity contribution in [2.24, 2.45) is 0 Å². The van der Waals surface area contributed by atoms with E-state index < -0.39 is 19.7 Å². The molecule has 0 fully saturated rings. The van der Waals surface area contributed by atoms with Crippen LogP contribution in [0.25, 0.3) is 0 Å². The third-order valence-electron chi connectivity index (χ3n) is 3.10. The number of hydrogen-bond acceptors (Lipinski definition) is 6. The van der Waals surface area contributed by atoms with E-state index in [2.05, 4.69) is 21.2 Å². The highest BCUT2D eigenvalue weighted by Crippen LogP contribution is 2.25. The highest BCUT2D eigenvalue weighted by Gasteiger charge is 2.17. The Morgan fingerprint density at radius 2 is 1.74 bits per heavy atom. The van der Waals surface area contributed by atoms with E-state index in [0.29, 0.717) is 23.3 Å². The van der Waals surface area contributed by atoms with Gasteiger partial charge in [0.1, 0.15) is 5.76 Å². The van der Waals surface area contributed by atoms with Gasteiger partial charge in [0.15, 0.2) is 24.3 Å². The second-order valence-corrected chi connectivity index (χ2v) is 9.87. The molecule has 126 valence electrons. The lowest BCUT2D eigenvalue weighted by molar-refractivity contribution is 0.491. The van der Waals surface area contributed by atoms with Crippen molar-refractivity contribution in [3.63, 3.8) is 0 Å². The van der Waals surface area contributed by atoms with Gasteiger partial charge in [-0.25, -0.2) is 16.8 Å². The summed E-state index contributed by atoms with van der Waals surface area (Å²) in [7, 11) is -7.04. The SMILES string of the molecule is CS(=O)(=O)c1ccc(NCCc2ccc(Br)o2)c(S(C)(=O)=O)c1. The molecule has 6 nitrogen and oxygen atoms in total. The molecular formula is C14H16BrNO5S2. The van der Waals surface area contributed by atoms with Crippen LogP contribution < -0.4 is 5.32 Å². The van der Waals surface area contributed by atoms with Crippen molar-refractivity contribution in [1.82, 2.24) is 0 Å². The molecule has 23 heavy (non-hydrogen) atoms. The van der Waals surface area contributed by atoms with Crippen LogP contribution in [0.5, 0.6) is 0 Å². The summed E-state index contributed by atoms with van der Waals surface area (Å²) in [5.41, 5.74) is 0.366. The van der Waals surface area contributed by atoms with Crippen LogP contribution in [0.3, 0.4) is 0 Å². The van der Waals surface area contributed by atoms with Crippen molar-refractivity contribution in [2.75, 3.05) is 24.4 Å². The molecular weight excluding hydrogens is 406 g/mol. The molecule has 0 spiro atoms. The van der Waals surface area contributed by atoms with Crippen molar-refractivity contribution in [1.29, 1.82) is 0 Å². The van der Waals surface area contributed by atoms with Crippen LogP contribution in [0, 0.1) is 0 Å². The van der Waals surface area contributed by atoms with Crippen molar-refractivity contribution in [3.8, 4) is 0 Å². The van der Waals surface area contributed by atoms with Crippen LogP contribution in [-0.4, -0.2) is 35.9 Å². The first-order valence-corrected chi connectivity index (χ1v) is 11.2. The van der Waals surface area contributed by atoms with E-state index in [1.165, 1.54) is 18.2 Å². The van der Waals surface area contributed by atoms with Gasteiger partial charge in [-0.1, -0.05) is 0 Å². The minimum atomic E-state index is -3.57. The van der Waals surface area contributed by atoms with Crippen LogP contribution in [0.2, 0.25) is 0 Å². The van der Waals surface area contributed by atoms with Crippen LogP contribution >= 0.6 is 15.9 Å². The molecule has 1 heterocycles. The molecule has 0 saturated carbocycles. The Morgan fingerprint density at radius 1 is 1.04 bits per heavy atom. The number of hydrogen-bond donors (Lipinski definition) is 1. The fourth-order valence-electron chi connectivity index (χ4n) is 1.99. The van der Waals surface area contributed by atoms with Gasteiger partial charge in [-0.3, -0.25) is 0 Å². The van der Waals surface area contributed by atoms with Gasteiger partial charge in [0.05, 0.1) is 15.5 Å². The molecule has 0 unspecified atom stereocenters. The molecule has 0 saturated heterocycles. The quantitative estimate of drug-likeness (QED) is 0.769. The predicted molar refractivity (Wildman–Crippen MR) is 91.3 cm³/mol. The summed E-state index contributed by atoms with van der Waals surface area (Å²) < 4.78 is 53.0. The Balaban J connectivity index is 2.24. The van der Waals surface area contributed by atoms with Gasteiger partial charge >= 0.3 is 0 Å². The van der Waals surface area contributed by atoms with Crippen LogP contribution in [0.15, 0.2) is 49.2 Å². The van der Waals surface area contributed by atoms with Gasteiger partial charge in [-0.15, -0.1) is 0 Å². The average Bonchev–Trinajstić information content (AvgIpc) is 2.82. The highest BCUT2D eigenvalue weighted by molar-refractivity contribution is 9.10. The topological polar surface area (TPSA) is 93.4 Å². The maximum Gasteiger partial charge on any atom is 0.177 e. The molecule has 0 bridgehead atoms. The molecule has 1 aromatic carbocycles. The van der Waals surface area contributed by atoms with Gasteiger partial charge in [0.2, 0.25) is 0 Å². The largest absolute Gasteiger partial charge is 0.454 e. The van der Waals surface area contributed by atoms with Crippen molar-refractivity contribution in [3.05, 3.63) is 40.8 Å². The summed E-state index contributed by atoms with van der Waals surface area (Å²) >= 11 is 3.21. The van der Waals surface area contributed by atoms with E-state index in [-0.39, 0.29) is 9.79 Å². The zero-order valence-electron chi connectivity index (χ0n) is 12.5. The van der Waals surface area contributed by atoms with Gasteiger partial charge < -0.3 is 9.73 Å². The molecule has 0 aliphatic carbocycles. The van der Waals surface area contributed by atoms with Crippen LogP contribution in [-0.2, 0) is 26.1 Å². The van der Waals surface area contributed by atoms with Crippen molar-refractivity contribution in [2.45, 2.75) is 16.2 Å². The number of sulfone groups is 2. The first-order chi connectivity index (χ1) is 10.6. The third-order valence-corrected chi connectivity index (χ3v) is 5.77. The molecule has 0 atom stereocenters. The van der Waals surface area contributed by atoms with Gasteiger partial charge in [-0.05, 0) is 46.3 Å². The molecule has 2 aromatic rings. The predicted octanol–water partition coefficient (Wildman–Crippen LogP) is 2.50. The summed E-state index contributed by atoms with van der Waals surface area (Å²) in [5, 5.41) is 3.01. The Labute approximate surface area is 143 Å². The summed E-state index contributed by atoms with van der Waals surface area (Å²) in [4.78, 5) is -0.0699. The van der Waals surface area contributed by atoms with Crippen molar-refractivity contribution < 1.29 is 21.3 Å². The summed E-state index contributed by atoms with van der Waals surface area (Å²) in [6.45, 7) is 0.445. The molecule has 1 aromatic heterocycles. The van der Waals surface area contributed by atoms with Crippen LogP contribution in [0.1, 0.15) is 5.76 Å². The molecule has 0 aliphatic rings. The van der Waals surface area contributed by atoms with E-state index in [4.69, 9.17) is 4.42 Å². The molecule has 2 rings (SSSR count). The summed E-state index contributed by atoms with van der Waals surface area (Å²) in [6, 6.07) is 7.62. The second-order valence-electron chi connectivity index (χ2n) is 5.08. The highest BCUT2D eigenvalue weighted by atomic mass is 79.9. The normalized spacial score (nSPS) is 12.3. The molecule has 0 aliphatic heterocycles. The van der Waals surface area contributed by atoms with Crippen LogP contribution in [0.4, 0.5) is 5.69 Å². The Kier molecular flexibility index (Phi) is 5.22. The number of furan rings is 1. The van der Waals surface area contributed by atoms with Gasteiger partial charge in [0.25, 0.3) is 0 Å². The molecule has 1 N–H and O–H groups in total. The smallest absolute Gasteiger partial charge is 0.177 e. The lowest BCUT2D eigenvalue weighted by Crippen LogP contribution is -2.10. The fourth-order valence-corrected chi connectivity index (χ4v) is 3.94. The third kappa shape index (κ3) is 4.82. The monoisotopic (exact) mass is 421 g/mol. The number of benzene rings is 1. The standard InChI is InChI=1S/C14H16BrNO5S2/c1-22(17,18)11-4-5-12(13(9-11)23(2,19)20)16-8-7-10-3-6-14(15)21-10/h3-6,9,16H,7-8H2,1-2H3. The van der Waals surface area contributed by atoms with E-state index in [9.17, 15) is 16.8 Å². The molecule has 9 heteroatoms. The average molecular weight is 422 g/mol.